The van der Waals surface area contributed by atoms with Crippen molar-refractivity contribution in [3.63, 3.8) is 0 Å². The van der Waals surface area contributed by atoms with Crippen molar-refractivity contribution in [2.75, 3.05) is 18.1 Å². The standard InChI is InChI=1S/C11H21NO4S/c13-10-4-2-1-3-8(10)5-12-9-6-17(15,16)7-11(9)14/h8-14H,1-7H2. The Kier molecular flexibility index (Phi) is 4.07. The molecule has 1 aliphatic heterocycles. The molecule has 0 aromatic heterocycles. The van der Waals surface area contributed by atoms with Gasteiger partial charge in [-0.05, 0) is 18.8 Å². The second-order valence-electron chi connectivity index (χ2n) is 5.27. The predicted octanol–water partition coefficient (Wildman–Crippen LogP) is -0.715. The van der Waals surface area contributed by atoms with Gasteiger partial charge in [-0.15, -0.1) is 0 Å². The van der Waals surface area contributed by atoms with Crippen molar-refractivity contribution in [3.8, 4) is 0 Å². The third-order valence-corrected chi connectivity index (χ3v) is 5.55. The molecular formula is C11H21NO4S. The highest BCUT2D eigenvalue weighted by Crippen LogP contribution is 2.24. The molecular weight excluding hydrogens is 242 g/mol. The lowest BCUT2D eigenvalue weighted by atomic mass is 9.86. The van der Waals surface area contributed by atoms with Gasteiger partial charge in [-0.3, -0.25) is 0 Å². The van der Waals surface area contributed by atoms with Crippen LogP contribution in [0.5, 0.6) is 0 Å². The molecule has 5 nitrogen and oxygen atoms in total. The van der Waals surface area contributed by atoms with Crippen molar-refractivity contribution < 1.29 is 18.6 Å². The summed E-state index contributed by atoms with van der Waals surface area (Å²) in [6.07, 6.45) is 2.90. The molecule has 3 N–H and O–H groups in total. The summed E-state index contributed by atoms with van der Waals surface area (Å²) in [5.74, 6) is 0.0637. The van der Waals surface area contributed by atoms with E-state index in [-0.39, 0.29) is 29.6 Å². The Hall–Kier alpha value is -0.170. The van der Waals surface area contributed by atoms with E-state index in [0.29, 0.717) is 6.54 Å². The van der Waals surface area contributed by atoms with Crippen LogP contribution in [0.1, 0.15) is 25.7 Å². The van der Waals surface area contributed by atoms with E-state index in [4.69, 9.17) is 0 Å². The van der Waals surface area contributed by atoms with Gasteiger partial charge in [0.1, 0.15) is 0 Å². The molecule has 0 spiro atoms. The number of hydrogen-bond acceptors (Lipinski definition) is 5. The van der Waals surface area contributed by atoms with Crippen LogP contribution in [-0.2, 0) is 9.84 Å². The largest absolute Gasteiger partial charge is 0.393 e. The second-order valence-corrected chi connectivity index (χ2v) is 7.42. The van der Waals surface area contributed by atoms with E-state index in [0.717, 1.165) is 25.7 Å². The highest BCUT2D eigenvalue weighted by Gasteiger charge is 2.36. The summed E-state index contributed by atoms with van der Waals surface area (Å²) in [6.45, 7) is 0.596. The zero-order valence-corrected chi connectivity index (χ0v) is 10.7. The van der Waals surface area contributed by atoms with Crippen LogP contribution < -0.4 is 5.32 Å². The summed E-state index contributed by atoms with van der Waals surface area (Å²) >= 11 is 0. The summed E-state index contributed by atoms with van der Waals surface area (Å²) in [6, 6.07) is -0.367. The van der Waals surface area contributed by atoms with Gasteiger partial charge in [0.2, 0.25) is 0 Å². The molecule has 4 unspecified atom stereocenters. The van der Waals surface area contributed by atoms with Crippen molar-refractivity contribution in [1.29, 1.82) is 0 Å². The van der Waals surface area contributed by atoms with Crippen LogP contribution in [-0.4, -0.2) is 54.9 Å². The summed E-state index contributed by atoms with van der Waals surface area (Å²) < 4.78 is 22.6. The number of nitrogens with one attached hydrogen (secondary N) is 1. The summed E-state index contributed by atoms with van der Waals surface area (Å²) in [5.41, 5.74) is 0. The Bertz CT molecular complexity index is 356. The first-order chi connectivity index (χ1) is 7.98. The number of hydrogen-bond donors (Lipinski definition) is 3. The van der Waals surface area contributed by atoms with E-state index in [1.807, 2.05) is 0 Å². The lowest BCUT2D eigenvalue weighted by molar-refractivity contribution is 0.0645. The van der Waals surface area contributed by atoms with Gasteiger partial charge in [-0.2, -0.15) is 0 Å². The van der Waals surface area contributed by atoms with E-state index in [9.17, 15) is 18.6 Å². The van der Waals surface area contributed by atoms with E-state index in [2.05, 4.69) is 5.32 Å². The Balaban J connectivity index is 1.82. The third-order valence-electron chi connectivity index (χ3n) is 3.83. The molecule has 0 bridgehead atoms. The second kappa shape index (κ2) is 5.22. The van der Waals surface area contributed by atoms with Crippen LogP contribution in [0.3, 0.4) is 0 Å². The van der Waals surface area contributed by atoms with Crippen LogP contribution in [0, 0.1) is 5.92 Å². The lowest BCUT2D eigenvalue weighted by Gasteiger charge is -2.29. The highest BCUT2D eigenvalue weighted by atomic mass is 32.2. The molecule has 0 amide bonds. The van der Waals surface area contributed by atoms with Crippen LogP contribution >= 0.6 is 0 Å². The first kappa shape index (κ1) is 13.3. The van der Waals surface area contributed by atoms with E-state index in [1.165, 1.54) is 0 Å². The number of aliphatic hydroxyl groups is 2. The fraction of sp³-hybridized carbons (Fsp3) is 1.00. The average molecular weight is 263 g/mol. The van der Waals surface area contributed by atoms with Gasteiger partial charge in [0.25, 0.3) is 0 Å². The van der Waals surface area contributed by atoms with Gasteiger partial charge in [0.15, 0.2) is 9.84 Å². The molecule has 1 saturated heterocycles. The number of rotatable bonds is 3. The first-order valence-electron chi connectivity index (χ1n) is 6.28. The van der Waals surface area contributed by atoms with Gasteiger partial charge in [-0.1, -0.05) is 12.8 Å². The third kappa shape index (κ3) is 3.40. The minimum absolute atomic E-state index is 0.0109. The first-order valence-corrected chi connectivity index (χ1v) is 8.10. The van der Waals surface area contributed by atoms with E-state index >= 15 is 0 Å². The minimum atomic E-state index is -3.09. The van der Waals surface area contributed by atoms with Gasteiger partial charge in [0, 0.05) is 12.6 Å². The Morgan fingerprint density at radius 1 is 1.06 bits per heavy atom. The molecule has 2 aliphatic rings. The Morgan fingerprint density at radius 3 is 2.35 bits per heavy atom. The number of aliphatic hydroxyl groups excluding tert-OH is 2. The van der Waals surface area contributed by atoms with Crippen molar-refractivity contribution in [2.24, 2.45) is 5.92 Å². The van der Waals surface area contributed by atoms with Gasteiger partial charge < -0.3 is 15.5 Å². The van der Waals surface area contributed by atoms with E-state index in [1.54, 1.807) is 0 Å². The van der Waals surface area contributed by atoms with Gasteiger partial charge in [0.05, 0.1) is 23.7 Å². The monoisotopic (exact) mass is 263 g/mol. The molecule has 1 saturated carbocycles. The van der Waals surface area contributed by atoms with Gasteiger partial charge >= 0.3 is 0 Å². The fourth-order valence-electron chi connectivity index (χ4n) is 2.75. The van der Waals surface area contributed by atoms with Crippen molar-refractivity contribution in [2.45, 2.75) is 43.9 Å². The van der Waals surface area contributed by atoms with Crippen molar-refractivity contribution in [3.05, 3.63) is 0 Å². The highest BCUT2D eigenvalue weighted by molar-refractivity contribution is 7.91. The molecule has 0 radical (unpaired) electrons. The van der Waals surface area contributed by atoms with Crippen LogP contribution in [0.4, 0.5) is 0 Å². The zero-order chi connectivity index (χ0) is 12.5. The Morgan fingerprint density at radius 2 is 1.76 bits per heavy atom. The topological polar surface area (TPSA) is 86.6 Å². The molecule has 1 heterocycles. The smallest absolute Gasteiger partial charge is 0.154 e. The molecule has 2 fully saturated rings. The molecule has 100 valence electrons. The predicted molar refractivity (Wildman–Crippen MR) is 64.4 cm³/mol. The summed E-state index contributed by atoms with van der Waals surface area (Å²) in [7, 11) is -3.09. The normalized spacial score (nSPS) is 41.5. The molecule has 6 heteroatoms. The van der Waals surface area contributed by atoms with Crippen molar-refractivity contribution in [1.82, 2.24) is 5.32 Å². The number of sulfone groups is 1. The maximum Gasteiger partial charge on any atom is 0.154 e. The zero-order valence-electron chi connectivity index (χ0n) is 9.88. The molecule has 0 aromatic carbocycles. The summed E-state index contributed by atoms with van der Waals surface area (Å²) in [4.78, 5) is 0. The summed E-state index contributed by atoms with van der Waals surface area (Å²) in [5, 5.41) is 22.5. The lowest BCUT2D eigenvalue weighted by Crippen LogP contribution is -2.44. The molecule has 1 aliphatic carbocycles. The van der Waals surface area contributed by atoms with Crippen LogP contribution in [0.25, 0.3) is 0 Å². The maximum absolute atomic E-state index is 11.3. The van der Waals surface area contributed by atoms with Crippen molar-refractivity contribution >= 4 is 9.84 Å². The fourth-order valence-corrected chi connectivity index (χ4v) is 4.53. The van der Waals surface area contributed by atoms with Gasteiger partial charge in [-0.25, -0.2) is 8.42 Å². The quantitative estimate of drug-likeness (QED) is 0.626. The Labute approximate surface area is 102 Å². The minimum Gasteiger partial charge on any atom is -0.393 e. The van der Waals surface area contributed by atoms with E-state index < -0.39 is 15.9 Å². The molecule has 4 atom stereocenters. The SMILES string of the molecule is O=S1(=O)CC(O)C(NCC2CCCCC2O)C1. The molecule has 2 rings (SSSR count). The molecule has 17 heavy (non-hydrogen) atoms. The van der Waals surface area contributed by atoms with Crippen LogP contribution in [0.2, 0.25) is 0 Å². The maximum atomic E-state index is 11.3. The van der Waals surface area contributed by atoms with Crippen LogP contribution in [0.15, 0.2) is 0 Å². The molecule has 0 aromatic rings. The average Bonchev–Trinajstić information content (AvgIpc) is 2.51.